The molecule has 0 radical (unpaired) electrons. The van der Waals surface area contributed by atoms with Crippen LogP contribution in [0.4, 0.5) is 0 Å². The molecule has 3 rings (SSSR count). The van der Waals surface area contributed by atoms with Gasteiger partial charge in [0.15, 0.2) is 0 Å². The Balaban J connectivity index is 1.65. The zero-order valence-electron chi connectivity index (χ0n) is 34.9. The first-order chi connectivity index (χ1) is 30.5. The SMILES string of the molecule is NCCCC[C@H](NC(=O)[C@H](CO)NC(=O)[C@H](CS)NC(=O)[C@H](CO)NC(=O)[C@@H]1CCCN1C(=O)[C@@H](N)Cc1c[nH]cn1)C(=O)N[C@@H](CCC(N)=O)C(=O)N[C@@H](Cc1c[nH]cn1)C(=O)O. The van der Waals surface area contributed by atoms with E-state index in [1.54, 1.807) is 6.20 Å². The van der Waals surface area contributed by atoms with E-state index in [0.717, 1.165) is 0 Å². The lowest BCUT2D eigenvalue weighted by atomic mass is 10.0. The van der Waals surface area contributed by atoms with Gasteiger partial charge in [-0.25, -0.2) is 14.8 Å². The minimum atomic E-state index is -1.72. The van der Waals surface area contributed by atoms with Gasteiger partial charge in [-0.2, -0.15) is 12.6 Å². The highest BCUT2D eigenvalue weighted by molar-refractivity contribution is 7.80. The predicted octanol–water partition coefficient (Wildman–Crippen LogP) is -6.46. The number of carbonyl (C=O) groups is 9. The third kappa shape index (κ3) is 16.2. The molecular weight excluding hydrogens is 865 g/mol. The van der Waals surface area contributed by atoms with Gasteiger partial charge in [0.05, 0.1) is 43.3 Å². The third-order valence-electron chi connectivity index (χ3n) is 10.1. The van der Waals surface area contributed by atoms with Crippen LogP contribution >= 0.6 is 12.6 Å². The highest BCUT2D eigenvalue weighted by atomic mass is 32.1. The van der Waals surface area contributed by atoms with E-state index in [-0.39, 0.29) is 57.4 Å². The quantitative estimate of drug-likeness (QED) is 0.0279. The Morgan fingerprint density at radius 1 is 0.734 bits per heavy atom. The fraction of sp³-hybridized carbons (Fsp3) is 0.595. The van der Waals surface area contributed by atoms with E-state index >= 15 is 0 Å². The number of H-pyrrole nitrogens is 2. The van der Waals surface area contributed by atoms with E-state index in [1.165, 1.54) is 23.8 Å². The van der Waals surface area contributed by atoms with Gasteiger partial charge in [0.2, 0.25) is 47.3 Å². The molecule has 1 aliphatic heterocycles. The van der Waals surface area contributed by atoms with Crippen molar-refractivity contribution < 1.29 is 58.5 Å². The average Bonchev–Trinajstić information content (AvgIpc) is 4.08. The van der Waals surface area contributed by atoms with Crippen molar-refractivity contribution in [3.05, 3.63) is 36.4 Å². The number of rotatable bonds is 28. The van der Waals surface area contributed by atoms with Crippen LogP contribution in [-0.4, -0.2) is 174 Å². The van der Waals surface area contributed by atoms with Crippen LogP contribution < -0.4 is 49.1 Å². The lowest BCUT2D eigenvalue weighted by Gasteiger charge is -2.28. The Hall–Kier alpha value is -6.16. The molecule has 0 aliphatic carbocycles. The zero-order chi connectivity index (χ0) is 47.3. The standard InChI is InChI=1S/C37H58N14O12S/c38-8-2-1-4-22(30(55)46-23(6-7-29(40)54)31(56)47-24(37(62)63)11-20-13-42-18-44-20)45-32(57)25(14-52)48-34(59)27(16-64)50-33(58)26(15-53)49-35(60)28-5-3-9-51(28)36(61)21(39)10-19-12-41-17-43-19/h12-13,17-18,21-28,52-53,64H,1-11,14-16,38-39H2,(H2,40,54)(H,41,43)(H,42,44)(H,45,57)(H,46,55)(H,47,56)(H,48,59)(H,49,60)(H,50,58)(H,62,63)/t21-,22-,23-,24-,25-,26-,27-,28-/m0/s1. The Kier molecular flexibility index (Phi) is 21.6. The molecule has 0 aromatic carbocycles. The van der Waals surface area contributed by atoms with Gasteiger partial charge >= 0.3 is 5.97 Å². The predicted molar refractivity (Wildman–Crippen MR) is 226 cm³/mol. The van der Waals surface area contributed by atoms with Crippen molar-refractivity contribution in [2.45, 2.75) is 106 Å². The van der Waals surface area contributed by atoms with Crippen molar-refractivity contribution in [3.8, 4) is 0 Å². The molecule has 0 bridgehead atoms. The van der Waals surface area contributed by atoms with Crippen LogP contribution in [0, 0.1) is 0 Å². The molecule has 8 amide bonds. The van der Waals surface area contributed by atoms with E-state index in [9.17, 15) is 58.5 Å². The monoisotopic (exact) mass is 922 g/mol. The fourth-order valence-corrected chi connectivity index (χ4v) is 6.83. The van der Waals surface area contributed by atoms with Crippen LogP contribution in [0.1, 0.15) is 56.3 Å². The van der Waals surface area contributed by atoms with Crippen LogP contribution in [0.3, 0.4) is 0 Å². The van der Waals surface area contributed by atoms with Crippen molar-refractivity contribution in [2.75, 3.05) is 32.1 Å². The molecular formula is C37H58N14O12S. The van der Waals surface area contributed by atoms with Gasteiger partial charge in [-0.15, -0.1) is 0 Å². The first-order valence-electron chi connectivity index (χ1n) is 20.4. The summed E-state index contributed by atoms with van der Waals surface area (Å²) >= 11 is 4.11. The molecule has 64 heavy (non-hydrogen) atoms. The van der Waals surface area contributed by atoms with Gasteiger partial charge in [-0.1, -0.05) is 0 Å². The van der Waals surface area contributed by atoms with Crippen LogP contribution in [0.5, 0.6) is 0 Å². The number of unbranched alkanes of at least 4 members (excludes halogenated alkanes) is 1. The molecule has 1 saturated heterocycles. The van der Waals surface area contributed by atoms with Gasteiger partial charge in [0, 0.05) is 44.0 Å². The minimum Gasteiger partial charge on any atom is -0.480 e. The van der Waals surface area contributed by atoms with Gasteiger partial charge in [-0.3, -0.25) is 38.4 Å². The van der Waals surface area contributed by atoms with E-state index in [2.05, 4.69) is 64.5 Å². The number of nitrogens with two attached hydrogens (primary N) is 3. The van der Waals surface area contributed by atoms with Gasteiger partial charge in [0.1, 0.15) is 42.3 Å². The molecule has 26 nitrogen and oxygen atoms in total. The molecule has 2 aromatic heterocycles. The number of nitrogens with one attached hydrogen (secondary N) is 8. The van der Waals surface area contributed by atoms with Crippen molar-refractivity contribution >= 4 is 65.9 Å². The molecule has 0 unspecified atom stereocenters. The summed E-state index contributed by atoms with van der Waals surface area (Å²) in [5.74, 6) is -8.93. The third-order valence-corrected chi connectivity index (χ3v) is 10.4. The number of likely N-dealkylation sites (tertiary alicyclic amines) is 1. The first-order valence-corrected chi connectivity index (χ1v) is 21.0. The summed E-state index contributed by atoms with van der Waals surface area (Å²) in [4.78, 5) is 132. The summed E-state index contributed by atoms with van der Waals surface area (Å²) in [5.41, 5.74) is 17.8. The highest BCUT2D eigenvalue weighted by Gasteiger charge is 2.38. The highest BCUT2D eigenvalue weighted by Crippen LogP contribution is 2.19. The number of aliphatic carboxylic acids is 1. The number of aromatic nitrogens is 4. The van der Waals surface area contributed by atoms with Crippen LogP contribution in [0.2, 0.25) is 0 Å². The summed E-state index contributed by atoms with van der Waals surface area (Å²) in [6.07, 6.45) is 6.22. The molecule has 1 fully saturated rings. The zero-order valence-corrected chi connectivity index (χ0v) is 35.8. The van der Waals surface area contributed by atoms with Crippen molar-refractivity contribution in [1.29, 1.82) is 0 Å². The first kappa shape index (κ1) is 52.2. The molecule has 3 heterocycles. The number of thiol groups is 1. The van der Waals surface area contributed by atoms with Gasteiger partial charge < -0.3 is 79.3 Å². The lowest BCUT2D eigenvalue weighted by Crippen LogP contribution is -2.61. The number of primary amides is 1. The number of nitrogens with zero attached hydrogens (tertiary/aromatic N) is 3. The summed E-state index contributed by atoms with van der Waals surface area (Å²) in [5, 5.41) is 44.0. The maximum Gasteiger partial charge on any atom is 0.326 e. The molecule has 2 aromatic rings. The Morgan fingerprint density at radius 2 is 1.23 bits per heavy atom. The number of carboxylic acids is 1. The maximum atomic E-state index is 13.6. The number of carbonyl (C=O) groups excluding carboxylic acids is 8. The van der Waals surface area contributed by atoms with E-state index in [0.29, 0.717) is 24.2 Å². The van der Waals surface area contributed by atoms with E-state index < -0.39 is 121 Å². The van der Waals surface area contributed by atoms with E-state index in [4.69, 9.17) is 17.2 Å². The number of aliphatic hydroxyl groups excluding tert-OH is 2. The summed E-state index contributed by atoms with van der Waals surface area (Å²) in [7, 11) is 0. The largest absolute Gasteiger partial charge is 0.480 e. The Bertz CT molecular complexity index is 1890. The topological polar surface area (TPSA) is 425 Å². The smallest absolute Gasteiger partial charge is 0.326 e. The molecule has 354 valence electrons. The van der Waals surface area contributed by atoms with Gasteiger partial charge in [-0.05, 0) is 45.1 Å². The molecule has 0 spiro atoms. The van der Waals surface area contributed by atoms with Crippen LogP contribution in [0.25, 0.3) is 0 Å². The molecule has 27 heteroatoms. The average molecular weight is 923 g/mol. The fourth-order valence-electron chi connectivity index (χ4n) is 6.57. The summed E-state index contributed by atoms with van der Waals surface area (Å²) in [6.45, 7) is -1.48. The summed E-state index contributed by atoms with van der Waals surface area (Å²) < 4.78 is 0. The minimum absolute atomic E-state index is 0.0594. The van der Waals surface area contributed by atoms with Crippen molar-refractivity contribution in [2.24, 2.45) is 17.2 Å². The van der Waals surface area contributed by atoms with Gasteiger partial charge in [0.25, 0.3) is 0 Å². The number of carboxylic acid groups (broad SMARTS) is 1. The van der Waals surface area contributed by atoms with Crippen molar-refractivity contribution in [3.63, 3.8) is 0 Å². The second-order valence-corrected chi connectivity index (χ2v) is 15.2. The molecule has 0 saturated carbocycles. The van der Waals surface area contributed by atoms with Crippen LogP contribution in [-0.2, 0) is 56.0 Å². The maximum absolute atomic E-state index is 13.6. The second kappa shape index (κ2) is 26.5. The van der Waals surface area contributed by atoms with Crippen LogP contribution in [0.15, 0.2) is 25.0 Å². The number of hydrogen-bond acceptors (Lipinski definition) is 16. The normalized spacial score (nSPS) is 16.8. The summed E-state index contributed by atoms with van der Waals surface area (Å²) in [6, 6.07) is -11.2. The number of aromatic amines is 2. The number of hydrogen-bond donors (Lipinski definition) is 15. The molecule has 8 atom stereocenters. The Labute approximate surface area is 372 Å². The number of aliphatic hydroxyl groups is 2. The number of amides is 8. The van der Waals surface area contributed by atoms with E-state index in [1.807, 2.05) is 0 Å². The molecule has 1 aliphatic rings. The van der Waals surface area contributed by atoms with Crippen molar-refractivity contribution in [1.82, 2.24) is 56.7 Å². The second-order valence-electron chi connectivity index (χ2n) is 14.9. The Morgan fingerprint density at radius 3 is 1.75 bits per heavy atom. The number of imidazole rings is 2. The lowest BCUT2D eigenvalue weighted by molar-refractivity contribution is -0.142. The molecule has 17 N–H and O–H groups in total.